The lowest BCUT2D eigenvalue weighted by Crippen LogP contribution is -1.88. The van der Waals surface area contributed by atoms with Crippen molar-refractivity contribution in [1.82, 2.24) is 0 Å². The zero-order valence-corrected chi connectivity index (χ0v) is 8.50. The van der Waals surface area contributed by atoms with E-state index in [0.29, 0.717) is 0 Å². The smallest absolute Gasteiger partial charge is 0.121 e. The van der Waals surface area contributed by atoms with Crippen LogP contribution in [0, 0.1) is 0 Å². The molecule has 0 N–H and O–H groups in total. The van der Waals surface area contributed by atoms with E-state index in [2.05, 4.69) is 31.2 Å². The second kappa shape index (κ2) is 4.70. The number of hydrogen-bond acceptors (Lipinski definition) is 1. The van der Waals surface area contributed by atoms with Crippen LogP contribution < -0.4 is 0 Å². The Labute approximate surface area is 80.0 Å². The van der Waals surface area contributed by atoms with Gasteiger partial charge in [-0.05, 0) is 31.1 Å². The normalized spacial score (nSPS) is 11.5. The number of ether oxygens (including phenoxy) is 1. The van der Waals surface area contributed by atoms with Crippen LogP contribution in [0.2, 0.25) is 0 Å². The molecule has 1 aromatic rings. The zero-order chi connectivity index (χ0) is 9.68. The van der Waals surface area contributed by atoms with Gasteiger partial charge in [-0.25, -0.2) is 0 Å². The quantitative estimate of drug-likeness (QED) is 0.642. The topological polar surface area (TPSA) is 9.23 Å². The number of hydrogen-bond donors (Lipinski definition) is 0. The van der Waals surface area contributed by atoms with Gasteiger partial charge in [0.25, 0.3) is 0 Å². The molecule has 0 aliphatic heterocycles. The molecule has 0 unspecified atom stereocenters. The molecule has 0 aliphatic rings. The van der Waals surface area contributed by atoms with Gasteiger partial charge in [0.05, 0.1) is 7.11 Å². The SMILES string of the molecule is C/C=C(\OC)c1cccc(CC)c1. The molecule has 0 saturated carbocycles. The van der Waals surface area contributed by atoms with Gasteiger partial charge >= 0.3 is 0 Å². The molecular formula is C12H16O. The van der Waals surface area contributed by atoms with Crippen LogP contribution in [-0.4, -0.2) is 7.11 Å². The fourth-order valence-electron chi connectivity index (χ4n) is 1.35. The molecule has 1 aromatic carbocycles. The second-order valence-electron chi connectivity index (χ2n) is 2.91. The summed E-state index contributed by atoms with van der Waals surface area (Å²) in [6, 6.07) is 8.43. The van der Waals surface area contributed by atoms with Gasteiger partial charge in [0, 0.05) is 5.56 Å². The second-order valence-corrected chi connectivity index (χ2v) is 2.91. The fraction of sp³-hybridized carbons (Fsp3) is 0.333. The standard InChI is InChI=1S/C12H16O/c1-4-10-7-6-8-11(9-10)12(5-2)13-3/h5-9H,4H2,1-3H3/b12-5-. The molecule has 1 rings (SSSR count). The average molecular weight is 176 g/mol. The summed E-state index contributed by atoms with van der Waals surface area (Å²) in [6.45, 7) is 4.14. The largest absolute Gasteiger partial charge is 0.496 e. The highest BCUT2D eigenvalue weighted by Crippen LogP contribution is 2.16. The van der Waals surface area contributed by atoms with Crippen LogP contribution in [0.25, 0.3) is 5.76 Å². The van der Waals surface area contributed by atoms with Crippen LogP contribution in [-0.2, 0) is 11.2 Å². The molecule has 70 valence electrons. The van der Waals surface area contributed by atoms with E-state index in [1.165, 1.54) is 5.56 Å². The van der Waals surface area contributed by atoms with Crippen molar-refractivity contribution in [3.63, 3.8) is 0 Å². The first-order valence-electron chi connectivity index (χ1n) is 4.61. The van der Waals surface area contributed by atoms with Crippen molar-refractivity contribution in [2.75, 3.05) is 7.11 Å². The van der Waals surface area contributed by atoms with Gasteiger partial charge in [-0.3, -0.25) is 0 Å². The van der Waals surface area contributed by atoms with E-state index < -0.39 is 0 Å². The average Bonchev–Trinajstić information content (AvgIpc) is 2.20. The van der Waals surface area contributed by atoms with E-state index in [4.69, 9.17) is 4.74 Å². The van der Waals surface area contributed by atoms with Crippen molar-refractivity contribution in [2.24, 2.45) is 0 Å². The maximum Gasteiger partial charge on any atom is 0.121 e. The minimum absolute atomic E-state index is 0.940. The van der Waals surface area contributed by atoms with Crippen LogP contribution in [0.5, 0.6) is 0 Å². The van der Waals surface area contributed by atoms with Crippen molar-refractivity contribution >= 4 is 5.76 Å². The van der Waals surface area contributed by atoms with Gasteiger partial charge in [-0.1, -0.05) is 25.1 Å². The highest BCUT2D eigenvalue weighted by Gasteiger charge is 1.99. The van der Waals surface area contributed by atoms with E-state index in [-0.39, 0.29) is 0 Å². The summed E-state index contributed by atoms with van der Waals surface area (Å²) in [7, 11) is 1.70. The number of methoxy groups -OCH3 is 1. The number of aryl methyl sites for hydroxylation is 1. The lowest BCUT2D eigenvalue weighted by atomic mass is 10.1. The predicted molar refractivity (Wildman–Crippen MR) is 56.5 cm³/mol. The predicted octanol–water partition coefficient (Wildman–Crippen LogP) is 3.26. The van der Waals surface area contributed by atoms with E-state index in [9.17, 15) is 0 Å². The summed E-state index contributed by atoms with van der Waals surface area (Å²) < 4.78 is 5.25. The van der Waals surface area contributed by atoms with Gasteiger partial charge in [-0.15, -0.1) is 0 Å². The third kappa shape index (κ3) is 2.35. The molecule has 0 spiro atoms. The molecule has 0 radical (unpaired) electrons. The van der Waals surface area contributed by atoms with Crippen LogP contribution in [0.15, 0.2) is 30.3 Å². The van der Waals surface area contributed by atoms with Crippen LogP contribution in [0.1, 0.15) is 25.0 Å². The number of benzene rings is 1. The Balaban J connectivity index is 3.00. The summed E-state index contributed by atoms with van der Waals surface area (Å²) in [5, 5.41) is 0. The molecule has 13 heavy (non-hydrogen) atoms. The van der Waals surface area contributed by atoms with Crippen molar-refractivity contribution in [3.8, 4) is 0 Å². The molecule has 0 aliphatic carbocycles. The van der Waals surface area contributed by atoms with Crippen molar-refractivity contribution in [3.05, 3.63) is 41.5 Å². The summed E-state index contributed by atoms with van der Waals surface area (Å²) in [5.74, 6) is 0.940. The minimum atomic E-state index is 0.940. The summed E-state index contributed by atoms with van der Waals surface area (Å²) in [5.41, 5.74) is 2.50. The minimum Gasteiger partial charge on any atom is -0.496 e. The fourth-order valence-corrected chi connectivity index (χ4v) is 1.35. The van der Waals surface area contributed by atoms with Crippen molar-refractivity contribution in [1.29, 1.82) is 0 Å². The lowest BCUT2D eigenvalue weighted by Gasteiger charge is -2.06. The van der Waals surface area contributed by atoms with Gasteiger partial charge in [-0.2, -0.15) is 0 Å². The van der Waals surface area contributed by atoms with Gasteiger partial charge in [0.15, 0.2) is 0 Å². The molecule has 0 aromatic heterocycles. The maximum atomic E-state index is 5.25. The Kier molecular flexibility index (Phi) is 3.56. The Morgan fingerprint density at radius 1 is 1.46 bits per heavy atom. The van der Waals surface area contributed by atoms with Crippen molar-refractivity contribution in [2.45, 2.75) is 20.3 Å². The van der Waals surface area contributed by atoms with Gasteiger partial charge in [0.2, 0.25) is 0 Å². The molecular weight excluding hydrogens is 160 g/mol. The van der Waals surface area contributed by atoms with E-state index in [1.807, 2.05) is 13.0 Å². The van der Waals surface area contributed by atoms with Gasteiger partial charge in [0.1, 0.15) is 5.76 Å². The first kappa shape index (κ1) is 9.85. The third-order valence-corrected chi connectivity index (χ3v) is 2.10. The van der Waals surface area contributed by atoms with Crippen LogP contribution >= 0.6 is 0 Å². The molecule has 0 heterocycles. The molecule has 0 fully saturated rings. The molecule has 1 heteroatoms. The first-order valence-corrected chi connectivity index (χ1v) is 4.61. The van der Waals surface area contributed by atoms with E-state index in [0.717, 1.165) is 17.7 Å². The lowest BCUT2D eigenvalue weighted by molar-refractivity contribution is 0.369. The van der Waals surface area contributed by atoms with Gasteiger partial charge < -0.3 is 4.74 Å². The first-order chi connectivity index (χ1) is 6.31. The third-order valence-electron chi connectivity index (χ3n) is 2.10. The summed E-state index contributed by atoms with van der Waals surface area (Å²) >= 11 is 0. The van der Waals surface area contributed by atoms with Crippen LogP contribution in [0.3, 0.4) is 0 Å². The molecule has 0 atom stereocenters. The molecule has 0 bridgehead atoms. The molecule has 0 saturated heterocycles. The summed E-state index contributed by atoms with van der Waals surface area (Å²) in [4.78, 5) is 0. The molecule has 0 amide bonds. The number of allylic oxidation sites excluding steroid dienone is 1. The van der Waals surface area contributed by atoms with Crippen molar-refractivity contribution < 1.29 is 4.74 Å². The maximum absolute atomic E-state index is 5.25. The highest BCUT2D eigenvalue weighted by atomic mass is 16.5. The van der Waals surface area contributed by atoms with E-state index in [1.54, 1.807) is 7.11 Å². The van der Waals surface area contributed by atoms with Crippen LogP contribution in [0.4, 0.5) is 0 Å². The monoisotopic (exact) mass is 176 g/mol. The zero-order valence-electron chi connectivity index (χ0n) is 8.50. The Bertz CT molecular complexity index is 300. The molecule has 1 nitrogen and oxygen atoms in total. The number of rotatable bonds is 3. The highest BCUT2D eigenvalue weighted by molar-refractivity contribution is 5.59. The Hall–Kier alpha value is -1.24. The Morgan fingerprint density at radius 2 is 2.23 bits per heavy atom. The Morgan fingerprint density at radius 3 is 2.77 bits per heavy atom. The van der Waals surface area contributed by atoms with E-state index >= 15 is 0 Å². The summed E-state index contributed by atoms with van der Waals surface area (Å²) in [6.07, 6.45) is 3.04.